The molecule has 0 bridgehead atoms. The van der Waals surface area contributed by atoms with Crippen LogP contribution in [-0.2, 0) is 21.2 Å². The number of aromatic nitrogens is 2. The van der Waals surface area contributed by atoms with Crippen molar-refractivity contribution >= 4 is 27.0 Å². The molecule has 1 atom stereocenters. The zero-order valence-electron chi connectivity index (χ0n) is 18.5. The molecule has 2 aromatic carbocycles. The largest absolute Gasteiger partial charge is 0.346 e. The number of nitrogens with zero attached hydrogens (tertiary/aromatic N) is 2. The third-order valence-corrected chi connectivity index (χ3v) is 7.87. The summed E-state index contributed by atoms with van der Waals surface area (Å²) in [7, 11) is -3.41. The van der Waals surface area contributed by atoms with Crippen LogP contribution in [0, 0.1) is 5.92 Å². The molecule has 2 N–H and O–H groups in total. The SMILES string of the molecule is CC(C)C(NC(=O)CCc1ccc(S(=O)(=O)N2CCCC2)cc1)c1nc2ccccc2[nH]1. The Labute approximate surface area is 189 Å². The number of nitrogens with one attached hydrogen (secondary N) is 2. The Balaban J connectivity index is 1.37. The monoisotopic (exact) mass is 454 g/mol. The van der Waals surface area contributed by atoms with E-state index in [4.69, 9.17) is 0 Å². The highest BCUT2D eigenvalue weighted by atomic mass is 32.2. The van der Waals surface area contributed by atoms with E-state index in [1.165, 1.54) is 0 Å². The van der Waals surface area contributed by atoms with E-state index in [-0.39, 0.29) is 17.9 Å². The molecule has 4 rings (SSSR count). The van der Waals surface area contributed by atoms with Crippen molar-refractivity contribution in [1.82, 2.24) is 19.6 Å². The Kier molecular flexibility index (Phi) is 6.62. The van der Waals surface area contributed by atoms with Crippen molar-refractivity contribution in [2.45, 2.75) is 50.5 Å². The van der Waals surface area contributed by atoms with Crippen LogP contribution in [0.1, 0.15) is 50.5 Å². The minimum atomic E-state index is -3.41. The molecule has 1 aliphatic rings. The molecule has 0 saturated carbocycles. The van der Waals surface area contributed by atoms with Gasteiger partial charge in [0, 0.05) is 19.5 Å². The van der Waals surface area contributed by atoms with Gasteiger partial charge >= 0.3 is 0 Å². The summed E-state index contributed by atoms with van der Waals surface area (Å²) in [6.45, 7) is 5.29. The third kappa shape index (κ3) is 4.86. The lowest BCUT2D eigenvalue weighted by atomic mass is 10.0. The molecule has 170 valence electrons. The summed E-state index contributed by atoms with van der Waals surface area (Å²) >= 11 is 0. The maximum absolute atomic E-state index is 12.7. The number of amides is 1. The Bertz CT molecular complexity index is 1150. The molecule has 1 fully saturated rings. The highest BCUT2D eigenvalue weighted by Crippen LogP contribution is 2.23. The van der Waals surface area contributed by atoms with Crippen molar-refractivity contribution < 1.29 is 13.2 Å². The standard InChI is InChI=1S/C24H30N4O3S/c1-17(2)23(24-25-20-7-3-4-8-21(20)26-24)27-22(29)14-11-18-9-12-19(13-10-18)32(30,31)28-15-5-6-16-28/h3-4,7-10,12-13,17,23H,5-6,11,14-16H2,1-2H3,(H,25,26)(H,27,29). The number of rotatable bonds is 8. The lowest BCUT2D eigenvalue weighted by Gasteiger charge is -2.20. The summed E-state index contributed by atoms with van der Waals surface area (Å²) < 4.78 is 26.8. The first kappa shape index (κ1) is 22.5. The first-order valence-electron chi connectivity index (χ1n) is 11.2. The van der Waals surface area contributed by atoms with Crippen LogP contribution >= 0.6 is 0 Å². The van der Waals surface area contributed by atoms with Gasteiger partial charge in [-0.3, -0.25) is 4.79 Å². The maximum Gasteiger partial charge on any atom is 0.243 e. The van der Waals surface area contributed by atoms with E-state index in [0.717, 1.165) is 35.3 Å². The van der Waals surface area contributed by atoms with Gasteiger partial charge < -0.3 is 10.3 Å². The van der Waals surface area contributed by atoms with Gasteiger partial charge in [-0.1, -0.05) is 38.1 Å². The van der Waals surface area contributed by atoms with Gasteiger partial charge in [-0.25, -0.2) is 13.4 Å². The fourth-order valence-electron chi connectivity index (χ4n) is 4.08. The lowest BCUT2D eigenvalue weighted by Crippen LogP contribution is -2.32. The number of H-pyrrole nitrogens is 1. The number of hydrogen-bond acceptors (Lipinski definition) is 4. The molecule has 0 radical (unpaired) electrons. The van der Waals surface area contributed by atoms with Gasteiger partial charge in [0.15, 0.2) is 0 Å². The molecule has 2 heterocycles. The van der Waals surface area contributed by atoms with Crippen LogP contribution in [0.15, 0.2) is 53.4 Å². The van der Waals surface area contributed by atoms with E-state index in [2.05, 4.69) is 29.1 Å². The van der Waals surface area contributed by atoms with Crippen LogP contribution in [0.2, 0.25) is 0 Å². The maximum atomic E-state index is 12.7. The van der Waals surface area contributed by atoms with Crippen LogP contribution < -0.4 is 5.32 Å². The fourth-order valence-corrected chi connectivity index (χ4v) is 5.60. The summed E-state index contributed by atoms with van der Waals surface area (Å²) in [6.07, 6.45) is 2.69. The predicted molar refractivity (Wildman–Crippen MR) is 125 cm³/mol. The topological polar surface area (TPSA) is 95.2 Å². The van der Waals surface area contributed by atoms with Gasteiger partial charge in [0.05, 0.1) is 22.0 Å². The number of aromatic amines is 1. The van der Waals surface area contributed by atoms with Gasteiger partial charge in [-0.15, -0.1) is 0 Å². The Hall–Kier alpha value is -2.71. The van der Waals surface area contributed by atoms with E-state index in [0.29, 0.717) is 30.8 Å². The van der Waals surface area contributed by atoms with Crippen molar-refractivity contribution in [1.29, 1.82) is 0 Å². The number of para-hydroxylation sites is 2. The Morgan fingerprint density at radius 1 is 1.09 bits per heavy atom. The number of fused-ring (bicyclic) bond motifs is 1. The molecule has 0 aliphatic carbocycles. The Morgan fingerprint density at radius 2 is 1.78 bits per heavy atom. The minimum Gasteiger partial charge on any atom is -0.346 e. The highest BCUT2D eigenvalue weighted by molar-refractivity contribution is 7.89. The molecule has 1 unspecified atom stereocenters. The first-order valence-corrected chi connectivity index (χ1v) is 12.6. The smallest absolute Gasteiger partial charge is 0.243 e. The number of carbonyl (C=O) groups is 1. The summed E-state index contributed by atoms with van der Waals surface area (Å²) in [6, 6.07) is 14.5. The van der Waals surface area contributed by atoms with Gasteiger partial charge in [-0.2, -0.15) is 4.31 Å². The second-order valence-electron chi connectivity index (χ2n) is 8.68. The summed E-state index contributed by atoms with van der Waals surface area (Å²) in [5.74, 6) is 0.874. The molecule has 0 spiro atoms. The van der Waals surface area contributed by atoms with Crippen molar-refractivity contribution in [2.75, 3.05) is 13.1 Å². The van der Waals surface area contributed by atoms with Crippen LogP contribution in [-0.4, -0.2) is 41.7 Å². The second kappa shape index (κ2) is 9.42. The molecule has 1 amide bonds. The van der Waals surface area contributed by atoms with E-state index in [9.17, 15) is 13.2 Å². The van der Waals surface area contributed by atoms with Gasteiger partial charge in [0.2, 0.25) is 15.9 Å². The van der Waals surface area contributed by atoms with E-state index < -0.39 is 10.0 Å². The van der Waals surface area contributed by atoms with Gasteiger partial charge in [0.25, 0.3) is 0 Å². The molecule has 3 aromatic rings. The molecular weight excluding hydrogens is 424 g/mol. The van der Waals surface area contributed by atoms with E-state index in [1.54, 1.807) is 28.6 Å². The second-order valence-corrected chi connectivity index (χ2v) is 10.6. The quantitative estimate of drug-likeness (QED) is 0.541. The number of aryl methyl sites for hydroxylation is 1. The first-order chi connectivity index (χ1) is 15.3. The average molecular weight is 455 g/mol. The fraction of sp³-hybridized carbons (Fsp3) is 0.417. The number of carbonyl (C=O) groups excluding carboxylic acids is 1. The van der Waals surface area contributed by atoms with Crippen molar-refractivity contribution in [2.24, 2.45) is 5.92 Å². The van der Waals surface area contributed by atoms with Crippen molar-refractivity contribution in [3.63, 3.8) is 0 Å². The van der Waals surface area contributed by atoms with Crippen LogP contribution in [0.5, 0.6) is 0 Å². The zero-order valence-corrected chi connectivity index (χ0v) is 19.4. The van der Waals surface area contributed by atoms with Crippen LogP contribution in [0.4, 0.5) is 0 Å². The molecule has 32 heavy (non-hydrogen) atoms. The van der Waals surface area contributed by atoms with Crippen LogP contribution in [0.25, 0.3) is 11.0 Å². The van der Waals surface area contributed by atoms with Gasteiger partial charge in [0.1, 0.15) is 5.82 Å². The summed E-state index contributed by atoms with van der Waals surface area (Å²) in [5, 5.41) is 3.10. The van der Waals surface area contributed by atoms with E-state index in [1.807, 2.05) is 24.3 Å². The highest BCUT2D eigenvalue weighted by Gasteiger charge is 2.27. The Morgan fingerprint density at radius 3 is 2.44 bits per heavy atom. The number of hydrogen-bond donors (Lipinski definition) is 2. The zero-order chi connectivity index (χ0) is 22.7. The lowest BCUT2D eigenvalue weighted by molar-refractivity contribution is -0.122. The normalized spacial score (nSPS) is 16.0. The predicted octanol–water partition coefficient (Wildman–Crippen LogP) is 3.79. The van der Waals surface area contributed by atoms with Crippen molar-refractivity contribution in [3.05, 3.63) is 59.9 Å². The molecule has 8 heteroatoms. The minimum absolute atomic E-state index is 0.0575. The molecule has 1 aromatic heterocycles. The molecule has 1 aliphatic heterocycles. The molecular formula is C24H30N4O3S. The number of benzene rings is 2. The van der Waals surface area contributed by atoms with Crippen LogP contribution in [0.3, 0.4) is 0 Å². The van der Waals surface area contributed by atoms with Crippen molar-refractivity contribution in [3.8, 4) is 0 Å². The summed E-state index contributed by atoms with van der Waals surface area (Å²) in [5.41, 5.74) is 2.77. The van der Waals surface area contributed by atoms with E-state index >= 15 is 0 Å². The number of sulfonamides is 1. The molecule has 1 saturated heterocycles. The average Bonchev–Trinajstić information content (AvgIpc) is 3.46. The van der Waals surface area contributed by atoms with Gasteiger partial charge in [-0.05, 0) is 55.0 Å². The molecule has 7 nitrogen and oxygen atoms in total. The third-order valence-electron chi connectivity index (χ3n) is 5.95. The number of imidazole rings is 1. The summed E-state index contributed by atoms with van der Waals surface area (Å²) in [4.78, 5) is 20.9.